The first kappa shape index (κ1) is 15.0. The van der Waals surface area contributed by atoms with E-state index in [1.807, 2.05) is 21.7 Å². The lowest BCUT2D eigenvalue weighted by Gasteiger charge is -2.32. The number of hydrogen-bond donors (Lipinski definition) is 0. The molecule has 0 N–H and O–H groups in total. The van der Waals surface area contributed by atoms with Crippen LogP contribution in [0.25, 0.3) is 5.65 Å². The number of fused-ring (bicyclic) bond motifs is 1. The van der Waals surface area contributed by atoms with Crippen LogP contribution in [0.15, 0.2) is 24.8 Å². The summed E-state index contributed by atoms with van der Waals surface area (Å²) < 4.78 is 1.85. The summed E-state index contributed by atoms with van der Waals surface area (Å²) in [6.07, 6.45) is 10.4. The molecule has 1 fully saturated rings. The van der Waals surface area contributed by atoms with Gasteiger partial charge in [-0.05, 0) is 31.1 Å². The van der Waals surface area contributed by atoms with Crippen LogP contribution in [-0.2, 0) is 0 Å². The zero-order valence-corrected chi connectivity index (χ0v) is 13.6. The van der Waals surface area contributed by atoms with Crippen molar-refractivity contribution in [1.82, 2.24) is 19.3 Å². The Bertz CT molecular complexity index is 663. The van der Waals surface area contributed by atoms with Gasteiger partial charge in [0.05, 0.1) is 0 Å². The lowest BCUT2D eigenvalue weighted by atomic mass is 9.95. The van der Waals surface area contributed by atoms with Crippen LogP contribution in [0.3, 0.4) is 0 Å². The van der Waals surface area contributed by atoms with Gasteiger partial charge in [-0.2, -0.15) is 0 Å². The minimum Gasteiger partial charge on any atom is -0.334 e. The van der Waals surface area contributed by atoms with E-state index in [1.165, 1.54) is 6.42 Å². The molecule has 0 saturated carbocycles. The summed E-state index contributed by atoms with van der Waals surface area (Å²) in [5.41, 5.74) is 1.11. The van der Waals surface area contributed by atoms with E-state index in [9.17, 15) is 4.79 Å². The fraction of sp³-hybridized carbons (Fsp3) is 0.588. The summed E-state index contributed by atoms with van der Waals surface area (Å²) in [6, 6.07) is 0.287. The number of aromatic nitrogens is 3. The highest BCUT2D eigenvalue weighted by molar-refractivity contribution is 5.98. The maximum absolute atomic E-state index is 13.1. The van der Waals surface area contributed by atoms with Crippen LogP contribution in [-0.4, -0.2) is 37.8 Å². The van der Waals surface area contributed by atoms with Crippen molar-refractivity contribution < 1.29 is 4.79 Å². The molecule has 0 aromatic carbocycles. The maximum atomic E-state index is 13.1. The topological polar surface area (TPSA) is 50.5 Å². The van der Waals surface area contributed by atoms with Crippen molar-refractivity contribution in [1.29, 1.82) is 0 Å². The number of imidazole rings is 1. The molecule has 0 unspecified atom stereocenters. The highest BCUT2D eigenvalue weighted by Crippen LogP contribution is 2.27. The molecule has 2 aromatic heterocycles. The lowest BCUT2D eigenvalue weighted by Crippen LogP contribution is -2.43. The number of carbonyl (C=O) groups excluding carboxylic acids is 1. The Balaban J connectivity index is 1.96. The second-order valence-electron chi connectivity index (χ2n) is 6.72. The molecule has 2 aromatic rings. The Morgan fingerprint density at radius 3 is 2.64 bits per heavy atom. The summed E-state index contributed by atoms with van der Waals surface area (Å²) in [6.45, 7) is 7.49. The SMILES string of the molecule is CC(C)[C@@H]1CC[C@H](C)CCN1C(=O)c1nccn2ccnc12. The molecule has 5 heteroatoms. The van der Waals surface area contributed by atoms with E-state index in [0.29, 0.717) is 23.2 Å². The Morgan fingerprint density at radius 1 is 1.18 bits per heavy atom. The van der Waals surface area contributed by atoms with Gasteiger partial charge in [-0.15, -0.1) is 0 Å². The average molecular weight is 300 g/mol. The van der Waals surface area contributed by atoms with Crippen molar-refractivity contribution in [2.75, 3.05) is 6.54 Å². The average Bonchev–Trinajstić information content (AvgIpc) is 2.89. The first-order valence-corrected chi connectivity index (χ1v) is 8.16. The van der Waals surface area contributed by atoms with Gasteiger partial charge in [0.2, 0.25) is 0 Å². The van der Waals surface area contributed by atoms with Crippen molar-refractivity contribution in [3.8, 4) is 0 Å². The Morgan fingerprint density at radius 2 is 1.91 bits per heavy atom. The first-order valence-electron chi connectivity index (χ1n) is 8.16. The normalized spacial score (nSPS) is 23.0. The second kappa shape index (κ2) is 6.07. The van der Waals surface area contributed by atoms with Crippen LogP contribution in [0.1, 0.15) is 50.5 Å². The standard InChI is InChI=1S/C17H24N4O/c1-12(2)14-5-4-13(3)6-9-21(14)17(22)15-16-19-8-11-20(16)10-7-18-15/h7-8,10-14H,4-6,9H2,1-3H3/t13-,14-/m0/s1. The summed E-state index contributed by atoms with van der Waals surface area (Å²) in [5, 5.41) is 0. The van der Waals surface area contributed by atoms with Crippen molar-refractivity contribution in [2.24, 2.45) is 11.8 Å². The van der Waals surface area contributed by atoms with Crippen molar-refractivity contribution in [3.63, 3.8) is 0 Å². The molecule has 0 bridgehead atoms. The van der Waals surface area contributed by atoms with Gasteiger partial charge in [0, 0.05) is 37.4 Å². The molecule has 3 heterocycles. The minimum absolute atomic E-state index is 0.0181. The number of carbonyl (C=O) groups is 1. The third-order valence-corrected chi connectivity index (χ3v) is 4.76. The van der Waals surface area contributed by atoms with Crippen LogP contribution >= 0.6 is 0 Å². The van der Waals surface area contributed by atoms with Crippen LogP contribution < -0.4 is 0 Å². The monoisotopic (exact) mass is 300 g/mol. The third kappa shape index (κ3) is 2.72. The number of amides is 1. The highest BCUT2D eigenvalue weighted by atomic mass is 16.2. The smallest absolute Gasteiger partial charge is 0.276 e. The van der Waals surface area contributed by atoms with Crippen LogP contribution in [0.2, 0.25) is 0 Å². The number of nitrogens with zero attached hydrogens (tertiary/aromatic N) is 4. The van der Waals surface area contributed by atoms with Crippen molar-refractivity contribution in [3.05, 3.63) is 30.5 Å². The maximum Gasteiger partial charge on any atom is 0.276 e. The minimum atomic E-state index is 0.0181. The first-order chi connectivity index (χ1) is 10.6. The molecule has 5 nitrogen and oxygen atoms in total. The summed E-state index contributed by atoms with van der Waals surface area (Å²) in [4.78, 5) is 23.7. The molecular formula is C17H24N4O. The van der Waals surface area contributed by atoms with Crippen molar-refractivity contribution >= 4 is 11.6 Å². The Hall–Kier alpha value is -1.91. The summed E-state index contributed by atoms with van der Waals surface area (Å²) in [5.74, 6) is 1.15. The number of likely N-dealkylation sites (tertiary alicyclic amines) is 1. The molecular weight excluding hydrogens is 276 g/mol. The fourth-order valence-electron chi connectivity index (χ4n) is 3.37. The lowest BCUT2D eigenvalue weighted by molar-refractivity contribution is 0.0626. The van der Waals surface area contributed by atoms with Gasteiger partial charge in [0.15, 0.2) is 11.3 Å². The predicted molar refractivity (Wildman–Crippen MR) is 85.7 cm³/mol. The summed E-state index contributed by atoms with van der Waals surface area (Å²) >= 11 is 0. The molecule has 1 aliphatic heterocycles. The molecule has 1 aliphatic rings. The van der Waals surface area contributed by atoms with Gasteiger partial charge in [0.25, 0.3) is 5.91 Å². The molecule has 0 aliphatic carbocycles. The van der Waals surface area contributed by atoms with E-state index >= 15 is 0 Å². The molecule has 3 rings (SSSR count). The quantitative estimate of drug-likeness (QED) is 0.856. The van der Waals surface area contributed by atoms with E-state index in [1.54, 1.807) is 12.4 Å². The van der Waals surface area contributed by atoms with E-state index in [2.05, 4.69) is 30.7 Å². The summed E-state index contributed by atoms with van der Waals surface area (Å²) in [7, 11) is 0. The largest absolute Gasteiger partial charge is 0.334 e. The van der Waals surface area contributed by atoms with Gasteiger partial charge in [0.1, 0.15) is 0 Å². The molecule has 118 valence electrons. The predicted octanol–water partition coefficient (Wildman–Crippen LogP) is 3.02. The van der Waals surface area contributed by atoms with Gasteiger partial charge in [-0.1, -0.05) is 20.8 Å². The van der Waals surface area contributed by atoms with Crippen LogP contribution in [0.4, 0.5) is 0 Å². The second-order valence-corrected chi connectivity index (χ2v) is 6.72. The molecule has 22 heavy (non-hydrogen) atoms. The zero-order valence-electron chi connectivity index (χ0n) is 13.6. The van der Waals surface area contributed by atoms with Gasteiger partial charge in [-0.3, -0.25) is 4.79 Å². The Labute approximate surface area is 131 Å². The van der Waals surface area contributed by atoms with Crippen LogP contribution in [0.5, 0.6) is 0 Å². The van der Waals surface area contributed by atoms with Crippen molar-refractivity contribution in [2.45, 2.75) is 46.1 Å². The van der Waals surface area contributed by atoms with Gasteiger partial charge in [-0.25, -0.2) is 9.97 Å². The highest BCUT2D eigenvalue weighted by Gasteiger charge is 2.31. The fourth-order valence-corrected chi connectivity index (χ4v) is 3.37. The van der Waals surface area contributed by atoms with Gasteiger partial charge < -0.3 is 9.30 Å². The molecule has 2 atom stereocenters. The zero-order chi connectivity index (χ0) is 15.7. The molecule has 0 radical (unpaired) electrons. The van der Waals surface area contributed by atoms with Crippen LogP contribution in [0, 0.1) is 11.8 Å². The van der Waals surface area contributed by atoms with E-state index in [4.69, 9.17) is 0 Å². The number of hydrogen-bond acceptors (Lipinski definition) is 3. The van der Waals surface area contributed by atoms with Gasteiger partial charge >= 0.3 is 0 Å². The van der Waals surface area contributed by atoms with E-state index in [0.717, 1.165) is 19.4 Å². The number of rotatable bonds is 2. The van der Waals surface area contributed by atoms with E-state index in [-0.39, 0.29) is 11.9 Å². The molecule has 1 amide bonds. The third-order valence-electron chi connectivity index (χ3n) is 4.76. The Kier molecular flexibility index (Phi) is 4.14. The molecule has 0 spiro atoms. The van der Waals surface area contributed by atoms with E-state index < -0.39 is 0 Å². The molecule has 1 saturated heterocycles.